The Kier molecular flexibility index (Phi) is 2.45. The van der Waals surface area contributed by atoms with Crippen LogP contribution in [0, 0.1) is 0 Å². The Bertz CT molecular complexity index is 163. The molecule has 0 bridgehead atoms. The molecule has 0 fully saturated rings. The van der Waals surface area contributed by atoms with Crippen LogP contribution in [0.15, 0.2) is 11.6 Å². The molecule has 1 rings (SSSR count). The van der Waals surface area contributed by atoms with Crippen molar-refractivity contribution in [1.82, 2.24) is 5.32 Å². The molecule has 3 heteroatoms. The van der Waals surface area contributed by atoms with Gasteiger partial charge in [-0.2, -0.15) is 0 Å². The first-order valence-electron chi connectivity index (χ1n) is 3.42. The summed E-state index contributed by atoms with van der Waals surface area (Å²) in [6.07, 6.45) is 3.81. The number of aliphatic hydroxyl groups is 1. The van der Waals surface area contributed by atoms with Crippen LogP contribution >= 0.6 is 0 Å². The van der Waals surface area contributed by atoms with Gasteiger partial charge in [-0.15, -0.1) is 0 Å². The monoisotopic (exact) mass is 141 g/mol. The molecular formula is C7H11NO2. The maximum absolute atomic E-state index is 10.9. The lowest BCUT2D eigenvalue weighted by molar-refractivity contribution is -0.118. The van der Waals surface area contributed by atoms with Gasteiger partial charge in [0.05, 0.1) is 6.61 Å². The van der Waals surface area contributed by atoms with E-state index in [0.717, 1.165) is 18.4 Å². The van der Waals surface area contributed by atoms with Crippen LogP contribution in [-0.2, 0) is 4.79 Å². The Balaban J connectivity index is 2.21. The first-order valence-corrected chi connectivity index (χ1v) is 3.42. The fraction of sp³-hybridized carbons (Fsp3) is 0.571. The summed E-state index contributed by atoms with van der Waals surface area (Å²) in [7, 11) is 0. The van der Waals surface area contributed by atoms with Gasteiger partial charge in [0.1, 0.15) is 0 Å². The summed E-state index contributed by atoms with van der Waals surface area (Å²) in [4.78, 5) is 10.9. The van der Waals surface area contributed by atoms with Gasteiger partial charge < -0.3 is 10.4 Å². The molecule has 0 aromatic heterocycles. The van der Waals surface area contributed by atoms with Crippen molar-refractivity contribution < 1.29 is 9.90 Å². The fourth-order valence-electron chi connectivity index (χ4n) is 0.778. The molecular weight excluding hydrogens is 130 g/mol. The normalized spacial score (nSPS) is 15.5. The number of carbonyl (C=O) groups excluding carboxylic acids is 1. The largest absolute Gasteiger partial charge is 0.395 e. The minimum absolute atomic E-state index is 0.0129. The summed E-state index contributed by atoms with van der Waals surface area (Å²) >= 11 is 0. The molecule has 1 aliphatic carbocycles. The molecule has 0 aromatic carbocycles. The van der Waals surface area contributed by atoms with E-state index in [2.05, 4.69) is 5.32 Å². The summed E-state index contributed by atoms with van der Waals surface area (Å²) in [5.74, 6) is -0.0275. The number of hydrogen-bond donors (Lipinski definition) is 2. The summed E-state index contributed by atoms with van der Waals surface area (Å²) in [5.41, 5.74) is 0.855. The Morgan fingerprint density at radius 2 is 2.50 bits per heavy atom. The van der Waals surface area contributed by atoms with Gasteiger partial charge in [0.25, 0.3) is 0 Å². The van der Waals surface area contributed by atoms with Gasteiger partial charge in [-0.1, -0.05) is 6.08 Å². The Morgan fingerprint density at radius 1 is 1.80 bits per heavy atom. The van der Waals surface area contributed by atoms with E-state index >= 15 is 0 Å². The average Bonchev–Trinajstić information content (AvgIpc) is 1.79. The number of carbonyl (C=O) groups is 1. The molecule has 56 valence electrons. The Labute approximate surface area is 59.7 Å². The third-order valence-corrected chi connectivity index (χ3v) is 1.49. The van der Waals surface area contributed by atoms with Crippen LogP contribution in [0.2, 0.25) is 0 Å². The molecule has 0 saturated heterocycles. The van der Waals surface area contributed by atoms with E-state index < -0.39 is 0 Å². The molecule has 0 aliphatic heterocycles. The molecule has 10 heavy (non-hydrogen) atoms. The van der Waals surface area contributed by atoms with E-state index in [-0.39, 0.29) is 12.5 Å². The summed E-state index contributed by atoms with van der Waals surface area (Å²) in [6.45, 7) is 0.370. The number of hydrogen-bond acceptors (Lipinski definition) is 2. The SMILES string of the molecule is O=C(NCCO)C1=CCC1. The van der Waals surface area contributed by atoms with E-state index in [0.29, 0.717) is 6.54 Å². The number of amides is 1. The van der Waals surface area contributed by atoms with Crippen LogP contribution in [0.3, 0.4) is 0 Å². The minimum Gasteiger partial charge on any atom is -0.395 e. The number of allylic oxidation sites excluding steroid dienone is 1. The molecule has 0 heterocycles. The van der Waals surface area contributed by atoms with E-state index in [9.17, 15) is 4.79 Å². The highest BCUT2D eigenvalue weighted by molar-refractivity contribution is 5.94. The highest BCUT2D eigenvalue weighted by atomic mass is 16.3. The highest BCUT2D eigenvalue weighted by Gasteiger charge is 2.12. The standard InChI is InChI=1S/C7H11NO2/c9-5-4-8-7(10)6-2-1-3-6/h2,9H,1,3-5H2,(H,8,10). The second kappa shape index (κ2) is 3.37. The molecule has 0 aromatic rings. The topological polar surface area (TPSA) is 49.3 Å². The predicted molar refractivity (Wildman–Crippen MR) is 37.4 cm³/mol. The summed E-state index contributed by atoms with van der Waals surface area (Å²) in [6, 6.07) is 0. The van der Waals surface area contributed by atoms with E-state index in [4.69, 9.17) is 5.11 Å². The maximum atomic E-state index is 10.9. The Hall–Kier alpha value is -0.830. The molecule has 0 radical (unpaired) electrons. The molecule has 1 amide bonds. The average molecular weight is 141 g/mol. The second-order valence-corrected chi connectivity index (χ2v) is 2.25. The van der Waals surface area contributed by atoms with Gasteiger partial charge in [0.2, 0.25) is 5.91 Å². The number of rotatable bonds is 3. The predicted octanol–water partition coefficient (Wildman–Crippen LogP) is -0.185. The van der Waals surface area contributed by atoms with Crippen molar-refractivity contribution >= 4 is 5.91 Å². The van der Waals surface area contributed by atoms with Crippen molar-refractivity contribution in [3.63, 3.8) is 0 Å². The van der Waals surface area contributed by atoms with Crippen molar-refractivity contribution in [1.29, 1.82) is 0 Å². The maximum Gasteiger partial charge on any atom is 0.246 e. The van der Waals surface area contributed by atoms with Crippen LogP contribution in [0.4, 0.5) is 0 Å². The summed E-state index contributed by atoms with van der Waals surface area (Å²) < 4.78 is 0. The second-order valence-electron chi connectivity index (χ2n) is 2.25. The van der Waals surface area contributed by atoms with Crippen LogP contribution < -0.4 is 5.32 Å². The lowest BCUT2D eigenvalue weighted by Crippen LogP contribution is -2.29. The van der Waals surface area contributed by atoms with Crippen molar-refractivity contribution in [2.24, 2.45) is 0 Å². The number of aliphatic hydroxyl groups excluding tert-OH is 1. The molecule has 0 unspecified atom stereocenters. The van der Waals surface area contributed by atoms with Crippen molar-refractivity contribution in [3.8, 4) is 0 Å². The minimum atomic E-state index is -0.0275. The lowest BCUT2D eigenvalue weighted by atomic mass is 9.98. The van der Waals surface area contributed by atoms with E-state index in [1.54, 1.807) is 0 Å². The third kappa shape index (κ3) is 1.57. The molecule has 0 saturated carbocycles. The van der Waals surface area contributed by atoms with Crippen LogP contribution in [0.1, 0.15) is 12.8 Å². The first kappa shape index (κ1) is 7.28. The highest BCUT2D eigenvalue weighted by Crippen LogP contribution is 2.16. The molecule has 0 spiro atoms. The Morgan fingerprint density at radius 3 is 2.90 bits per heavy atom. The van der Waals surface area contributed by atoms with Crippen LogP contribution in [0.5, 0.6) is 0 Å². The number of nitrogens with one attached hydrogen (secondary N) is 1. The van der Waals surface area contributed by atoms with Crippen molar-refractivity contribution in [3.05, 3.63) is 11.6 Å². The quantitative estimate of drug-likeness (QED) is 0.572. The van der Waals surface area contributed by atoms with Gasteiger partial charge in [0.15, 0.2) is 0 Å². The molecule has 3 nitrogen and oxygen atoms in total. The third-order valence-electron chi connectivity index (χ3n) is 1.49. The summed E-state index contributed by atoms with van der Waals surface area (Å²) in [5, 5.41) is 10.9. The molecule has 1 aliphatic rings. The molecule has 2 N–H and O–H groups in total. The zero-order valence-corrected chi connectivity index (χ0v) is 5.76. The van der Waals surface area contributed by atoms with Crippen molar-refractivity contribution in [2.75, 3.05) is 13.2 Å². The zero-order valence-electron chi connectivity index (χ0n) is 5.76. The van der Waals surface area contributed by atoms with E-state index in [1.165, 1.54) is 0 Å². The van der Waals surface area contributed by atoms with Crippen molar-refractivity contribution in [2.45, 2.75) is 12.8 Å². The lowest BCUT2D eigenvalue weighted by Gasteiger charge is -2.12. The van der Waals surface area contributed by atoms with Gasteiger partial charge in [0, 0.05) is 12.1 Å². The van der Waals surface area contributed by atoms with Crippen LogP contribution in [0.25, 0.3) is 0 Å². The van der Waals surface area contributed by atoms with Gasteiger partial charge in [-0.05, 0) is 12.8 Å². The van der Waals surface area contributed by atoms with E-state index in [1.807, 2.05) is 6.08 Å². The smallest absolute Gasteiger partial charge is 0.246 e. The first-order chi connectivity index (χ1) is 4.84. The van der Waals surface area contributed by atoms with Gasteiger partial charge in [-0.3, -0.25) is 4.79 Å². The van der Waals surface area contributed by atoms with Gasteiger partial charge in [-0.25, -0.2) is 0 Å². The molecule has 0 atom stereocenters. The van der Waals surface area contributed by atoms with Crippen LogP contribution in [-0.4, -0.2) is 24.2 Å². The zero-order chi connectivity index (χ0) is 7.40. The van der Waals surface area contributed by atoms with Gasteiger partial charge >= 0.3 is 0 Å². The fourth-order valence-corrected chi connectivity index (χ4v) is 0.778.